The van der Waals surface area contributed by atoms with Gasteiger partial charge in [-0.1, -0.05) is 6.08 Å². The normalized spacial score (nSPS) is 18.8. The number of hydrogen-bond donors (Lipinski definition) is 2. The van der Waals surface area contributed by atoms with Crippen LogP contribution in [0.15, 0.2) is 61.2 Å². The van der Waals surface area contributed by atoms with Crippen LogP contribution in [0.25, 0.3) is 5.57 Å². The number of rotatable bonds is 4. The second-order valence-corrected chi connectivity index (χ2v) is 6.42. The van der Waals surface area contributed by atoms with Crippen LogP contribution in [-0.4, -0.2) is 34.4 Å². The second-order valence-electron chi connectivity index (χ2n) is 6.42. The molecule has 1 atom stereocenters. The van der Waals surface area contributed by atoms with Crippen LogP contribution in [0.5, 0.6) is 0 Å². The molecule has 0 aromatic carbocycles. The molecule has 1 fully saturated rings. The summed E-state index contributed by atoms with van der Waals surface area (Å²) in [5, 5.41) is 5.47. The third-order valence-electron chi connectivity index (χ3n) is 4.58. The SMILES string of the molecule is Cl.O=C1CCC(Nc2ccc(N3C=CC(c4ccncc4)=CC3)nc2)C(=O)N1. The van der Waals surface area contributed by atoms with Crippen LogP contribution in [0.2, 0.25) is 0 Å². The Bertz CT molecular complexity index is 912. The third kappa shape index (κ3) is 4.37. The molecule has 7 nitrogen and oxygen atoms in total. The minimum atomic E-state index is -0.406. The molecule has 0 saturated carbocycles. The average Bonchev–Trinajstić information content (AvgIpc) is 2.71. The summed E-state index contributed by atoms with van der Waals surface area (Å²) >= 11 is 0. The molecule has 0 aliphatic carbocycles. The highest BCUT2D eigenvalue weighted by molar-refractivity contribution is 6.01. The van der Waals surface area contributed by atoms with Crippen LogP contribution in [0.3, 0.4) is 0 Å². The number of nitrogens with zero attached hydrogens (tertiary/aromatic N) is 3. The highest BCUT2D eigenvalue weighted by Crippen LogP contribution is 2.23. The van der Waals surface area contributed by atoms with E-state index >= 15 is 0 Å². The van der Waals surface area contributed by atoms with Crippen molar-refractivity contribution in [2.24, 2.45) is 0 Å². The monoisotopic (exact) mass is 397 g/mol. The number of carbonyl (C=O) groups excluding carboxylic acids is 2. The van der Waals surface area contributed by atoms with E-state index in [0.29, 0.717) is 12.8 Å². The van der Waals surface area contributed by atoms with Crippen molar-refractivity contribution in [2.75, 3.05) is 16.8 Å². The number of imide groups is 1. The summed E-state index contributed by atoms with van der Waals surface area (Å²) < 4.78 is 0. The summed E-state index contributed by atoms with van der Waals surface area (Å²) in [4.78, 5) is 33.6. The molecular formula is C20H20ClN5O2. The molecule has 1 unspecified atom stereocenters. The van der Waals surface area contributed by atoms with Gasteiger partial charge in [0.2, 0.25) is 11.8 Å². The Kier molecular flexibility index (Phi) is 6.06. The number of piperidine rings is 1. The molecule has 28 heavy (non-hydrogen) atoms. The van der Waals surface area contributed by atoms with Gasteiger partial charge < -0.3 is 10.2 Å². The van der Waals surface area contributed by atoms with Crippen molar-refractivity contribution in [1.82, 2.24) is 15.3 Å². The van der Waals surface area contributed by atoms with E-state index in [1.807, 2.05) is 35.4 Å². The van der Waals surface area contributed by atoms with E-state index < -0.39 is 6.04 Å². The van der Waals surface area contributed by atoms with E-state index in [1.54, 1.807) is 18.6 Å². The van der Waals surface area contributed by atoms with E-state index in [9.17, 15) is 9.59 Å². The maximum Gasteiger partial charge on any atom is 0.249 e. The molecule has 2 aliphatic rings. The van der Waals surface area contributed by atoms with E-state index in [4.69, 9.17) is 0 Å². The standard InChI is InChI=1S/C20H19N5O2.ClH/c26-19-4-2-17(20(27)24-19)23-16-1-3-18(22-13-16)25-11-7-15(8-12-25)14-5-9-21-10-6-14;/h1,3,5-11,13,17,23H,2,4,12H2,(H,24,26,27);1H. The highest BCUT2D eigenvalue weighted by Gasteiger charge is 2.26. The summed E-state index contributed by atoms with van der Waals surface area (Å²) in [5.74, 6) is 0.316. The van der Waals surface area contributed by atoms with Gasteiger partial charge in [-0.05, 0) is 47.9 Å². The summed E-state index contributed by atoms with van der Waals surface area (Å²) in [5.41, 5.74) is 3.05. The highest BCUT2D eigenvalue weighted by atomic mass is 35.5. The number of carbonyl (C=O) groups is 2. The molecule has 2 aromatic rings. The number of aromatic nitrogens is 2. The first-order chi connectivity index (χ1) is 13.2. The molecular weight excluding hydrogens is 378 g/mol. The average molecular weight is 398 g/mol. The second kappa shape index (κ2) is 8.67. The van der Waals surface area contributed by atoms with Gasteiger partial charge in [0.05, 0.1) is 11.9 Å². The van der Waals surface area contributed by atoms with Gasteiger partial charge in [0.1, 0.15) is 11.9 Å². The van der Waals surface area contributed by atoms with Crippen molar-refractivity contribution >= 4 is 41.3 Å². The number of hydrogen-bond acceptors (Lipinski definition) is 6. The molecule has 4 heterocycles. The summed E-state index contributed by atoms with van der Waals surface area (Å²) in [6, 6.07) is 7.36. The number of allylic oxidation sites excluding steroid dienone is 2. The molecule has 4 rings (SSSR count). The first kappa shape index (κ1) is 19.6. The Hall–Kier alpha value is -3.19. The van der Waals surface area contributed by atoms with Gasteiger partial charge in [-0.2, -0.15) is 0 Å². The third-order valence-corrected chi connectivity index (χ3v) is 4.58. The topological polar surface area (TPSA) is 87.2 Å². The molecule has 8 heteroatoms. The van der Waals surface area contributed by atoms with Gasteiger partial charge in [0.15, 0.2) is 0 Å². The van der Waals surface area contributed by atoms with Gasteiger partial charge in [0.25, 0.3) is 0 Å². The Morgan fingerprint density at radius 3 is 2.61 bits per heavy atom. The minimum Gasteiger partial charge on any atom is -0.372 e. The fourth-order valence-electron chi connectivity index (χ4n) is 3.10. The van der Waals surface area contributed by atoms with E-state index in [1.165, 1.54) is 0 Å². The zero-order valence-corrected chi connectivity index (χ0v) is 15.9. The molecule has 144 valence electrons. The molecule has 2 aromatic heterocycles. The number of amides is 2. The summed E-state index contributed by atoms with van der Waals surface area (Å²) in [7, 11) is 0. The van der Waals surface area contributed by atoms with Gasteiger partial charge in [0, 0.05) is 31.6 Å². The maximum absolute atomic E-state index is 11.8. The van der Waals surface area contributed by atoms with E-state index in [2.05, 4.69) is 32.8 Å². The lowest BCUT2D eigenvalue weighted by atomic mass is 10.1. The fourth-order valence-corrected chi connectivity index (χ4v) is 3.10. The summed E-state index contributed by atoms with van der Waals surface area (Å²) in [6.45, 7) is 0.723. The van der Waals surface area contributed by atoms with Crippen LogP contribution in [0, 0.1) is 0 Å². The Labute approximate surface area is 169 Å². The van der Waals surface area contributed by atoms with Crippen LogP contribution in [0.1, 0.15) is 18.4 Å². The van der Waals surface area contributed by atoms with Crippen molar-refractivity contribution in [3.8, 4) is 0 Å². The lowest BCUT2D eigenvalue weighted by molar-refractivity contribution is -0.133. The molecule has 2 amide bonds. The van der Waals surface area contributed by atoms with Crippen molar-refractivity contribution in [3.05, 3.63) is 66.8 Å². The number of anilines is 2. The van der Waals surface area contributed by atoms with Crippen molar-refractivity contribution in [2.45, 2.75) is 18.9 Å². The predicted molar refractivity (Wildman–Crippen MR) is 110 cm³/mol. The molecule has 2 aliphatic heterocycles. The minimum absolute atomic E-state index is 0. The zero-order valence-electron chi connectivity index (χ0n) is 15.0. The number of nitrogens with one attached hydrogen (secondary N) is 2. The number of halogens is 1. The smallest absolute Gasteiger partial charge is 0.249 e. The van der Waals surface area contributed by atoms with Crippen LogP contribution >= 0.6 is 12.4 Å². The Balaban J connectivity index is 0.00000225. The van der Waals surface area contributed by atoms with Gasteiger partial charge >= 0.3 is 0 Å². The van der Waals surface area contributed by atoms with Crippen molar-refractivity contribution < 1.29 is 9.59 Å². The van der Waals surface area contributed by atoms with E-state index in [0.717, 1.165) is 29.2 Å². The quantitative estimate of drug-likeness (QED) is 0.771. The fraction of sp³-hybridized carbons (Fsp3) is 0.200. The molecule has 0 radical (unpaired) electrons. The molecule has 0 bridgehead atoms. The van der Waals surface area contributed by atoms with Crippen molar-refractivity contribution in [3.63, 3.8) is 0 Å². The first-order valence-corrected chi connectivity index (χ1v) is 8.81. The van der Waals surface area contributed by atoms with Gasteiger partial charge in [-0.3, -0.25) is 19.9 Å². The first-order valence-electron chi connectivity index (χ1n) is 8.81. The van der Waals surface area contributed by atoms with Gasteiger partial charge in [-0.25, -0.2) is 4.98 Å². The molecule has 2 N–H and O–H groups in total. The molecule has 0 spiro atoms. The van der Waals surface area contributed by atoms with E-state index in [-0.39, 0.29) is 24.2 Å². The predicted octanol–water partition coefficient (Wildman–Crippen LogP) is 2.53. The van der Waals surface area contributed by atoms with Crippen LogP contribution in [0.4, 0.5) is 11.5 Å². The van der Waals surface area contributed by atoms with Crippen LogP contribution in [-0.2, 0) is 9.59 Å². The van der Waals surface area contributed by atoms with Gasteiger partial charge in [-0.15, -0.1) is 12.4 Å². The number of pyridine rings is 2. The lowest BCUT2D eigenvalue weighted by Crippen LogP contribution is -2.47. The zero-order chi connectivity index (χ0) is 18.6. The lowest BCUT2D eigenvalue weighted by Gasteiger charge is -2.24. The largest absolute Gasteiger partial charge is 0.372 e. The molecule has 1 saturated heterocycles. The summed E-state index contributed by atoms with van der Waals surface area (Å²) in [6.07, 6.45) is 12.3. The van der Waals surface area contributed by atoms with Crippen LogP contribution < -0.4 is 15.5 Å². The van der Waals surface area contributed by atoms with Crippen molar-refractivity contribution in [1.29, 1.82) is 0 Å². The Morgan fingerprint density at radius 1 is 1.14 bits per heavy atom. The maximum atomic E-state index is 11.8. The Morgan fingerprint density at radius 2 is 1.96 bits per heavy atom.